The molecule has 33 heavy (non-hydrogen) atoms. The van der Waals surface area contributed by atoms with Gasteiger partial charge in [0.2, 0.25) is 0 Å². The summed E-state index contributed by atoms with van der Waals surface area (Å²) >= 11 is 6.61. The number of rotatable bonds is 9. The van der Waals surface area contributed by atoms with Gasteiger partial charge in [0.05, 0.1) is 19.9 Å². The fourth-order valence-electron chi connectivity index (χ4n) is 3.03. The predicted octanol–water partition coefficient (Wildman–Crippen LogP) is 5.23. The van der Waals surface area contributed by atoms with Crippen LogP contribution in [0.3, 0.4) is 0 Å². The molecule has 3 aromatic rings. The summed E-state index contributed by atoms with van der Waals surface area (Å²) in [7, 11) is 3.18. The summed E-state index contributed by atoms with van der Waals surface area (Å²) < 4.78 is 16.2. The van der Waals surface area contributed by atoms with E-state index in [1.54, 1.807) is 14.2 Å². The van der Waals surface area contributed by atoms with Crippen molar-refractivity contribution in [1.82, 2.24) is 10.3 Å². The zero-order chi connectivity index (χ0) is 23.8. The summed E-state index contributed by atoms with van der Waals surface area (Å²) in [6.45, 7) is 4.19. The van der Waals surface area contributed by atoms with Crippen LogP contribution < -0.4 is 24.8 Å². The van der Waals surface area contributed by atoms with E-state index in [0.717, 1.165) is 17.7 Å². The quantitative estimate of drug-likeness (QED) is 0.402. The lowest BCUT2D eigenvalue weighted by atomic mass is 9.99. The fraction of sp³-hybridized carbons (Fsp3) is 0.292. The van der Waals surface area contributed by atoms with Crippen LogP contribution in [-0.2, 0) is 4.79 Å². The third-order valence-corrected chi connectivity index (χ3v) is 6.05. The first-order valence-corrected chi connectivity index (χ1v) is 11.7. The number of ether oxygens (including phenoxy) is 3. The largest absolute Gasteiger partial charge is 0.493 e. The second-order valence-corrected chi connectivity index (χ2v) is 8.54. The first kappa shape index (κ1) is 24.5. The lowest BCUT2D eigenvalue weighted by molar-refractivity contribution is -0.121. The second-order valence-electron chi connectivity index (χ2n) is 7.28. The number of methoxy groups -OCH3 is 2. The molecule has 1 amide bonds. The Morgan fingerprint density at radius 1 is 1.12 bits per heavy atom. The van der Waals surface area contributed by atoms with Gasteiger partial charge in [0, 0.05) is 10.9 Å². The molecule has 9 heteroatoms. The fourth-order valence-corrected chi connectivity index (χ4v) is 4.03. The molecule has 0 radical (unpaired) electrons. The zero-order valence-corrected chi connectivity index (χ0v) is 20.6. The molecule has 3 rings (SSSR count). The van der Waals surface area contributed by atoms with Crippen LogP contribution in [-0.4, -0.2) is 36.8 Å². The van der Waals surface area contributed by atoms with E-state index in [-0.39, 0.29) is 17.6 Å². The summed E-state index contributed by atoms with van der Waals surface area (Å²) in [5.41, 5.74) is 2.87. The van der Waals surface area contributed by atoms with Crippen molar-refractivity contribution >= 4 is 39.7 Å². The number of hydrogen-bond donors (Lipinski definition) is 2. The van der Waals surface area contributed by atoms with Gasteiger partial charge in [0.25, 0.3) is 5.91 Å². The van der Waals surface area contributed by atoms with Gasteiger partial charge in [-0.3, -0.25) is 10.1 Å². The van der Waals surface area contributed by atoms with Crippen molar-refractivity contribution in [2.75, 3.05) is 26.1 Å². The van der Waals surface area contributed by atoms with Crippen LogP contribution in [0.1, 0.15) is 31.7 Å². The lowest BCUT2D eigenvalue weighted by Crippen LogP contribution is -2.37. The normalized spacial score (nSPS) is 11.4. The topological polar surface area (TPSA) is 81.7 Å². The first-order chi connectivity index (χ1) is 15.9. The molecule has 1 aromatic heterocycles. The SMILES string of the molecule is CC[C@H](C)c1ccc(OCC(=O)NC(=S)Nc2nc(-c3ccc(OC)c(OC)c3)cs2)cc1. The molecular formula is C24H27N3O4S2. The Morgan fingerprint density at radius 2 is 1.85 bits per heavy atom. The smallest absolute Gasteiger partial charge is 0.264 e. The van der Waals surface area contributed by atoms with Crippen molar-refractivity contribution in [1.29, 1.82) is 0 Å². The molecule has 0 saturated carbocycles. The van der Waals surface area contributed by atoms with E-state index >= 15 is 0 Å². The molecule has 1 heterocycles. The average molecular weight is 486 g/mol. The third kappa shape index (κ3) is 6.66. The number of anilines is 1. The summed E-state index contributed by atoms with van der Waals surface area (Å²) in [5, 5.41) is 8.15. The van der Waals surface area contributed by atoms with Crippen LogP contribution >= 0.6 is 23.6 Å². The van der Waals surface area contributed by atoms with E-state index in [9.17, 15) is 4.79 Å². The second kappa shape index (κ2) is 11.6. The van der Waals surface area contributed by atoms with E-state index in [1.807, 2.05) is 47.8 Å². The average Bonchev–Trinajstić information content (AvgIpc) is 3.30. The molecule has 0 bridgehead atoms. The first-order valence-electron chi connectivity index (χ1n) is 10.4. The van der Waals surface area contributed by atoms with Crippen molar-refractivity contribution < 1.29 is 19.0 Å². The molecular weight excluding hydrogens is 458 g/mol. The number of benzene rings is 2. The minimum atomic E-state index is -0.352. The van der Waals surface area contributed by atoms with Gasteiger partial charge in [-0.15, -0.1) is 11.3 Å². The number of hydrogen-bond acceptors (Lipinski definition) is 7. The van der Waals surface area contributed by atoms with Gasteiger partial charge in [-0.2, -0.15) is 0 Å². The molecule has 0 unspecified atom stereocenters. The molecule has 2 N–H and O–H groups in total. The zero-order valence-electron chi connectivity index (χ0n) is 19.0. The van der Waals surface area contributed by atoms with Gasteiger partial charge in [0.15, 0.2) is 28.3 Å². The molecule has 0 aliphatic heterocycles. The maximum absolute atomic E-state index is 12.2. The van der Waals surface area contributed by atoms with E-state index in [4.69, 9.17) is 26.4 Å². The molecule has 7 nitrogen and oxygen atoms in total. The predicted molar refractivity (Wildman–Crippen MR) is 136 cm³/mol. The van der Waals surface area contributed by atoms with Crippen molar-refractivity contribution in [3.63, 3.8) is 0 Å². The van der Waals surface area contributed by atoms with Gasteiger partial charge in [-0.1, -0.05) is 26.0 Å². The van der Waals surface area contributed by atoms with Crippen molar-refractivity contribution in [3.8, 4) is 28.5 Å². The molecule has 1 atom stereocenters. The Labute approximate surface area is 203 Å². The minimum Gasteiger partial charge on any atom is -0.493 e. The van der Waals surface area contributed by atoms with E-state index < -0.39 is 0 Å². The Balaban J connectivity index is 1.51. The number of carbonyl (C=O) groups excluding carboxylic acids is 1. The van der Waals surface area contributed by atoms with E-state index in [2.05, 4.69) is 29.5 Å². The molecule has 0 spiro atoms. The van der Waals surface area contributed by atoms with Gasteiger partial charge in [-0.05, 0) is 60.5 Å². The highest BCUT2D eigenvalue weighted by Crippen LogP contribution is 2.33. The van der Waals surface area contributed by atoms with Gasteiger partial charge >= 0.3 is 0 Å². The number of thiocarbonyl (C=S) groups is 1. The molecule has 0 saturated heterocycles. The third-order valence-electron chi connectivity index (χ3n) is 5.09. The van der Waals surface area contributed by atoms with Crippen molar-refractivity contribution in [3.05, 3.63) is 53.4 Å². The maximum Gasteiger partial charge on any atom is 0.264 e. The molecule has 2 aromatic carbocycles. The van der Waals surface area contributed by atoms with Crippen LogP contribution in [0, 0.1) is 0 Å². The number of aromatic nitrogens is 1. The van der Waals surface area contributed by atoms with Crippen LogP contribution in [0.4, 0.5) is 5.13 Å². The monoisotopic (exact) mass is 485 g/mol. The molecule has 0 aliphatic rings. The lowest BCUT2D eigenvalue weighted by Gasteiger charge is -2.11. The van der Waals surface area contributed by atoms with Crippen LogP contribution in [0.5, 0.6) is 17.2 Å². The number of nitrogens with zero attached hydrogens (tertiary/aromatic N) is 1. The van der Waals surface area contributed by atoms with Gasteiger partial charge < -0.3 is 19.5 Å². The Hall–Kier alpha value is -3.17. The van der Waals surface area contributed by atoms with Crippen LogP contribution in [0.15, 0.2) is 47.8 Å². The van der Waals surface area contributed by atoms with Crippen LogP contribution in [0.25, 0.3) is 11.3 Å². The summed E-state index contributed by atoms with van der Waals surface area (Å²) in [4.78, 5) is 16.7. The summed E-state index contributed by atoms with van der Waals surface area (Å²) in [6.07, 6.45) is 1.07. The highest BCUT2D eigenvalue weighted by Gasteiger charge is 2.12. The minimum absolute atomic E-state index is 0.140. The Bertz CT molecular complexity index is 1100. The number of amides is 1. The highest BCUT2D eigenvalue weighted by molar-refractivity contribution is 7.80. The van der Waals surface area contributed by atoms with E-state index in [1.165, 1.54) is 16.9 Å². The van der Waals surface area contributed by atoms with Crippen LogP contribution in [0.2, 0.25) is 0 Å². The Kier molecular flexibility index (Phi) is 8.62. The van der Waals surface area contributed by atoms with E-state index in [0.29, 0.717) is 28.3 Å². The van der Waals surface area contributed by atoms with Gasteiger partial charge in [-0.25, -0.2) is 4.98 Å². The standard InChI is InChI=1S/C24H27N3O4S2/c1-5-15(2)16-6-9-18(10-7-16)31-13-22(28)26-23(32)27-24-25-19(14-33-24)17-8-11-20(29-3)21(12-17)30-4/h6-12,14-15H,5,13H2,1-4H3,(H2,25,26,27,28,32)/t15-/m0/s1. The Morgan fingerprint density at radius 3 is 2.52 bits per heavy atom. The molecule has 174 valence electrons. The maximum atomic E-state index is 12.2. The van der Waals surface area contributed by atoms with Gasteiger partial charge in [0.1, 0.15) is 5.75 Å². The molecule has 0 aliphatic carbocycles. The summed E-state index contributed by atoms with van der Waals surface area (Å²) in [6, 6.07) is 13.4. The van der Waals surface area contributed by atoms with Crippen molar-refractivity contribution in [2.24, 2.45) is 0 Å². The van der Waals surface area contributed by atoms with Crippen molar-refractivity contribution in [2.45, 2.75) is 26.2 Å². The number of thiazole rings is 1. The number of nitrogens with one attached hydrogen (secondary N) is 2. The highest BCUT2D eigenvalue weighted by atomic mass is 32.1. The number of carbonyl (C=O) groups is 1. The summed E-state index contributed by atoms with van der Waals surface area (Å²) in [5.74, 6) is 2.04. The molecule has 0 fully saturated rings.